The number of hydrogen-bond acceptors (Lipinski definition) is 3. The van der Waals surface area contributed by atoms with Gasteiger partial charge < -0.3 is 14.4 Å². The van der Waals surface area contributed by atoms with Crippen molar-refractivity contribution in [3.8, 4) is 11.5 Å². The average molecular weight is 431 g/mol. The van der Waals surface area contributed by atoms with E-state index < -0.39 is 11.7 Å². The van der Waals surface area contributed by atoms with Gasteiger partial charge in [-0.2, -0.15) is 13.2 Å². The molecule has 0 radical (unpaired) electrons. The summed E-state index contributed by atoms with van der Waals surface area (Å²) < 4.78 is 49.4. The number of ether oxygens (including phenoxy) is 2. The second-order valence-electron chi connectivity index (χ2n) is 7.50. The van der Waals surface area contributed by atoms with E-state index in [9.17, 15) is 18.0 Å². The van der Waals surface area contributed by atoms with Crippen molar-refractivity contribution in [1.82, 2.24) is 4.90 Å². The molecule has 2 aromatic carbocycles. The molecule has 3 rings (SSSR count). The highest BCUT2D eigenvalue weighted by molar-refractivity contribution is 5.91. The number of amides is 1. The fraction of sp³-hybridized carbons (Fsp3) is 0.292. The minimum absolute atomic E-state index is 0.195. The maximum absolute atomic E-state index is 12.8. The van der Waals surface area contributed by atoms with Crippen LogP contribution in [0.5, 0.6) is 11.5 Å². The van der Waals surface area contributed by atoms with Crippen molar-refractivity contribution in [2.45, 2.75) is 39.9 Å². The van der Waals surface area contributed by atoms with E-state index in [0.29, 0.717) is 31.0 Å². The Balaban J connectivity index is 1.72. The van der Waals surface area contributed by atoms with Crippen LogP contribution in [0.15, 0.2) is 66.1 Å². The Labute approximate surface area is 179 Å². The number of fused-ring (bicyclic) bond motifs is 1. The van der Waals surface area contributed by atoms with Gasteiger partial charge in [-0.3, -0.25) is 4.79 Å². The van der Waals surface area contributed by atoms with E-state index in [0.717, 1.165) is 28.8 Å². The molecular formula is C24H24F3NO3. The highest BCUT2D eigenvalue weighted by Gasteiger charge is 2.30. The summed E-state index contributed by atoms with van der Waals surface area (Å²) in [4.78, 5) is 14.5. The van der Waals surface area contributed by atoms with E-state index in [1.807, 2.05) is 26.0 Å². The number of carbonyl (C=O) groups excluding carboxylic acids is 1. The molecule has 0 saturated heterocycles. The van der Waals surface area contributed by atoms with Gasteiger partial charge in [0.25, 0.3) is 5.91 Å². The molecule has 1 heterocycles. The van der Waals surface area contributed by atoms with Crippen molar-refractivity contribution in [2.75, 3.05) is 6.54 Å². The lowest BCUT2D eigenvalue weighted by Crippen LogP contribution is -2.37. The Morgan fingerprint density at radius 2 is 1.71 bits per heavy atom. The van der Waals surface area contributed by atoms with Gasteiger partial charge in [0.1, 0.15) is 11.5 Å². The number of carbonyl (C=O) groups is 1. The van der Waals surface area contributed by atoms with Crippen LogP contribution in [0, 0.1) is 0 Å². The zero-order valence-electron chi connectivity index (χ0n) is 17.6. The molecule has 0 bridgehead atoms. The largest absolute Gasteiger partial charge is 0.460 e. The number of allylic oxidation sites excluding steroid dienone is 2. The molecule has 0 spiro atoms. The van der Waals surface area contributed by atoms with Crippen molar-refractivity contribution in [1.29, 1.82) is 0 Å². The number of halogens is 3. The maximum Gasteiger partial charge on any atom is 0.416 e. The fourth-order valence-corrected chi connectivity index (χ4v) is 3.20. The molecule has 1 amide bonds. The standard InChI is InChI=1S/C24H24F3NO3/c1-4-22(30-15-16(2)3)23(29)28-12-11-17-5-8-21(13-18(17)14-28)31-20-9-6-19(7-10-20)24(25,26)27/h4-10,13,15H,11-12,14H2,1-3H3/b22-4-. The Morgan fingerprint density at radius 3 is 2.32 bits per heavy atom. The number of hydrogen-bond donors (Lipinski definition) is 0. The van der Waals surface area contributed by atoms with Crippen LogP contribution < -0.4 is 4.74 Å². The van der Waals surface area contributed by atoms with Crippen LogP contribution in [0.3, 0.4) is 0 Å². The smallest absolute Gasteiger partial charge is 0.416 e. The first-order chi connectivity index (χ1) is 14.7. The average Bonchev–Trinajstić information content (AvgIpc) is 2.73. The van der Waals surface area contributed by atoms with Gasteiger partial charge in [-0.05, 0) is 86.4 Å². The summed E-state index contributed by atoms with van der Waals surface area (Å²) in [6.07, 6.45) is -0.509. The Morgan fingerprint density at radius 1 is 1.03 bits per heavy atom. The summed E-state index contributed by atoms with van der Waals surface area (Å²) in [5.74, 6) is 0.879. The summed E-state index contributed by atoms with van der Waals surface area (Å²) in [7, 11) is 0. The lowest BCUT2D eigenvalue weighted by molar-refractivity contribution is -0.137. The van der Waals surface area contributed by atoms with Gasteiger partial charge in [-0.15, -0.1) is 0 Å². The molecule has 7 heteroatoms. The molecule has 0 fully saturated rings. The first-order valence-electron chi connectivity index (χ1n) is 9.90. The van der Waals surface area contributed by atoms with E-state index >= 15 is 0 Å². The van der Waals surface area contributed by atoms with Crippen molar-refractivity contribution in [2.24, 2.45) is 0 Å². The van der Waals surface area contributed by atoms with Crippen LogP contribution >= 0.6 is 0 Å². The molecule has 0 aromatic heterocycles. The van der Waals surface area contributed by atoms with Crippen LogP contribution in [-0.2, 0) is 28.7 Å². The monoisotopic (exact) mass is 431 g/mol. The fourth-order valence-electron chi connectivity index (χ4n) is 3.20. The summed E-state index contributed by atoms with van der Waals surface area (Å²) in [5.41, 5.74) is 2.26. The number of nitrogens with zero attached hydrogens (tertiary/aromatic N) is 1. The predicted molar refractivity (Wildman–Crippen MR) is 111 cm³/mol. The molecule has 0 saturated carbocycles. The minimum atomic E-state index is -4.39. The Hall–Kier alpha value is -3.22. The van der Waals surface area contributed by atoms with Gasteiger partial charge in [0.15, 0.2) is 5.76 Å². The van der Waals surface area contributed by atoms with Gasteiger partial charge in [0.05, 0.1) is 11.8 Å². The van der Waals surface area contributed by atoms with E-state index in [2.05, 4.69) is 0 Å². The summed E-state index contributed by atoms with van der Waals surface area (Å²) in [5, 5.41) is 0. The van der Waals surface area contributed by atoms with E-state index in [1.165, 1.54) is 12.1 Å². The molecule has 164 valence electrons. The molecule has 1 aliphatic rings. The van der Waals surface area contributed by atoms with E-state index in [-0.39, 0.29) is 11.7 Å². The number of alkyl halides is 3. The third kappa shape index (κ3) is 5.69. The molecule has 2 aromatic rings. The van der Waals surface area contributed by atoms with Gasteiger partial charge in [-0.1, -0.05) is 6.07 Å². The normalized spacial score (nSPS) is 14.0. The molecule has 4 nitrogen and oxygen atoms in total. The van der Waals surface area contributed by atoms with Gasteiger partial charge >= 0.3 is 6.18 Å². The van der Waals surface area contributed by atoms with Crippen molar-refractivity contribution in [3.63, 3.8) is 0 Å². The van der Waals surface area contributed by atoms with Crippen LogP contribution in [0.2, 0.25) is 0 Å². The first-order valence-corrected chi connectivity index (χ1v) is 9.90. The summed E-state index contributed by atoms with van der Waals surface area (Å²) >= 11 is 0. The van der Waals surface area contributed by atoms with Crippen molar-refractivity contribution >= 4 is 5.91 Å². The molecule has 0 N–H and O–H groups in total. The molecular weight excluding hydrogens is 407 g/mol. The van der Waals surface area contributed by atoms with E-state index in [4.69, 9.17) is 9.47 Å². The van der Waals surface area contributed by atoms with Crippen LogP contribution in [-0.4, -0.2) is 17.4 Å². The topological polar surface area (TPSA) is 38.8 Å². The quantitative estimate of drug-likeness (QED) is 0.416. The summed E-state index contributed by atoms with van der Waals surface area (Å²) in [6.45, 7) is 6.48. The Kier molecular flexibility index (Phi) is 6.73. The first kappa shape index (κ1) is 22.5. The third-order valence-corrected chi connectivity index (χ3v) is 4.79. The molecule has 1 aliphatic heterocycles. The maximum atomic E-state index is 12.8. The minimum Gasteiger partial charge on any atom is -0.460 e. The van der Waals surface area contributed by atoms with Gasteiger partial charge in [0.2, 0.25) is 0 Å². The second kappa shape index (κ2) is 9.29. The van der Waals surface area contributed by atoms with Crippen LogP contribution in [0.1, 0.15) is 37.5 Å². The predicted octanol–water partition coefficient (Wildman–Crippen LogP) is 6.23. The molecule has 0 unspecified atom stereocenters. The van der Waals surface area contributed by atoms with Crippen LogP contribution in [0.25, 0.3) is 0 Å². The highest BCUT2D eigenvalue weighted by atomic mass is 19.4. The Bertz CT molecular complexity index is 1000. The van der Waals surface area contributed by atoms with E-state index in [1.54, 1.807) is 30.2 Å². The molecule has 0 aliphatic carbocycles. The van der Waals surface area contributed by atoms with Gasteiger partial charge in [-0.25, -0.2) is 0 Å². The second-order valence-corrected chi connectivity index (χ2v) is 7.50. The number of rotatable bonds is 5. The SMILES string of the molecule is C/C=C(\OC=C(C)C)C(=O)N1CCc2ccc(Oc3ccc(C(F)(F)F)cc3)cc2C1. The number of benzene rings is 2. The zero-order chi connectivity index (χ0) is 22.6. The molecule has 31 heavy (non-hydrogen) atoms. The zero-order valence-corrected chi connectivity index (χ0v) is 17.6. The van der Waals surface area contributed by atoms with Crippen molar-refractivity contribution in [3.05, 3.63) is 82.8 Å². The van der Waals surface area contributed by atoms with Gasteiger partial charge in [0, 0.05) is 13.1 Å². The highest BCUT2D eigenvalue weighted by Crippen LogP contribution is 2.32. The summed E-state index contributed by atoms with van der Waals surface area (Å²) in [6, 6.07) is 10.1. The third-order valence-electron chi connectivity index (χ3n) is 4.79. The molecule has 0 atom stereocenters. The van der Waals surface area contributed by atoms with Crippen molar-refractivity contribution < 1.29 is 27.4 Å². The lowest BCUT2D eigenvalue weighted by atomic mass is 9.99. The lowest BCUT2D eigenvalue weighted by Gasteiger charge is -2.29. The van der Waals surface area contributed by atoms with Crippen LogP contribution in [0.4, 0.5) is 13.2 Å².